The van der Waals surface area contributed by atoms with Crippen LogP contribution in [0.3, 0.4) is 0 Å². The van der Waals surface area contributed by atoms with Crippen LogP contribution in [-0.4, -0.2) is 32.3 Å². The molecule has 0 spiro atoms. The van der Waals surface area contributed by atoms with E-state index >= 15 is 0 Å². The molecule has 1 N–H and O–H groups in total. The van der Waals surface area contributed by atoms with Crippen LogP contribution in [0.1, 0.15) is 33.3 Å². The molecule has 2 atom stereocenters. The van der Waals surface area contributed by atoms with Gasteiger partial charge in [-0.1, -0.05) is 20.8 Å². The number of rotatable bonds is 2. The molecule has 1 heterocycles. The third-order valence-electron chi connectivity index (χ3n) is 4.33. The Morgan fingerprint density at radius 3 is 2.55 bits per heavy atom. The normalized spacial score (nSPS) is 23.8. The lowest BCUT2D eigenvalue weighted by Crippen LogP contribution is -2.59. The Balaban J connectivity index is 2.23. The number of benzene rings is 1. The minimum atomic E-state index is 0.278. The number of methoxy groups -OCH3 is 1. The Hall–Kier alpha value is -1.22. The minimum absolute atomic E-state index is 0.278. The maximum absolute atomic E-state index is 5.36. The predicted molar refractivity (Wildman–Crippen MR) is 85.8 cm³/mol. The summed E-state index contributed by atoms with van der Waals surface area (Å²) in [6.45, 7) is 13.4. The highest BCUT2D eigenvalue weighted by Gasteiger charge is 2.32. The molecule has 0 amide bonds. The zero-order chi connectivity index (χ0) is 14.9. The number of nitrogens with zero attached hydrogens (tertiary/aromatic N) is 1. The second-order valence-corrected chi connectivity index (χ2v) is 6.98. The molecule has 0 radical (unpaired) electrons. The molecule has 112 valence electrons. The van der Waals surface area contributed by atoms with Gasteiger partial charge in [0.2, 0.25) is 0 Å². The summed E-state index contributed by atoms with van der Waals surface area (Å²) < 4.78 is 5.36. The molecule has 3 heteroatoms. The van der Waals surface area contributed by atoms with E-state index in [0.717, 1.165) is 18.8 Å². The Morgan fingerprint density at radius 1 is 1.30 bits per heavy atom. The lowest BCUT2D eigenvalue weighted by atomic mass is 9.84. The van der Waals surface area contributed by atoms with Crippen molar-refractivity contribution in [2.45, 2.75) is 46.7 Å². The van der Waals surface area contributed by atoms with Crippen LogP contribution in [-0.2, 0) is 0 Å². The monoisotopic (exact) mass is 276 g/mol. The molecule has 1 saturated heterocycles. The van der Waals surface area contributed by atoms with Crippen molar-refractivity contribution in [2.24, 2.45) is 5.41 Å². The summed E-state index contributed by atoms with van der Waals surface area (Å²) >= 11 is 0. The van der Waals surface area contributed by atoms with Crippen molar-refractivity contribution < 1.29 is 4.74 Å². The maximum atomic E-state index is 5.36. The average molecular weight is 276 g/mol. The first kappa shape index (κ1) is 15.2. The van der Waals surface area contributed by atoms with Crippen LogP contribution in [0.4, 0.5) is 5.69 Å². The highest BCUT2D eigenvalue weighted by Crippen LogP contribution is 2.29. The summed E-state index contributed by atoms with van der Waals surface area (Å²) in [6, 6.07) is 7.52. The van der Waals surface area contributed by atoms with Crippen molar-refractivity contribution in [1.82, 2.24) is 5.32 Å². The van der Waals surface area contributed by atoms with Crippen LogP contribution in [0.25, 0.3) is 0 Å². The molecule has 1 aliphatic heterocycles. The van der Waals surface area contributed by atoms with Gasteiger partial charge in [-0.25, -0.2) is 0 Å². The van der Waals surface area contributed by atoms with Crippen molar-refractivity contribution >= 4 is 5.69 Å². The van der Waals surface area contributed by atoms with Crippen molar-refractivity contribution in [2.75, 3.05) is 25.1 Å². The summed E-state index contributed by atoms with van der Waals surface area (Å²) in [4.78, 5) is 2.51. The SMILES string of the molecule is COc1ccc(N2CC(C(C)(C)C)NCC2C)cc1C. The first-order chi connectivity index (χ1) is 9.32. The second-order valence-electron chi connectivity index (χ2n) is 6.98. The smallest absolute Gasteiger partial charge is 0.121 e. The molecule has 1 aromatic rings. The van der Waals surface area contributed by atoms with Crippen LogP contribution >= 0.6 is 0 Å². The molecule has 3 nitrogen and oxygen atoms in total. The van der Waals surface area contributed by atoms with E-state index in [9.17, 15) is 0 Å². The van der Waals surface area contributed by atoms with Gasteiger partial charge in [0.25, 0.3) is 0 Å². The van der Waals surface area contributed by atoms with Gasteiger partial charge in [0.15, 0.2) is 0 Å². The van der Waals surface area contributed by atoms with E-state index in [1.54, 1.807) is 7.11 Å². The van der Waals surface area contributed by atoms with Crippen molar-refractivity contribution in [3.8, 4) is 5.75 Å². The summed E-state index contributed by atoms with van der Waals surface area (Å²) in [5.74, 6) is 0.962. The van der Waals surface area contributed by atoms with Gasteiger partial charge in [0.05, 0.1) is 7.11 Å². The van der Waals surface area contributed by atoms with Gasteiger partial charge in [-0.3, -0.25) is 0 Å². The van der Waals surface area contributed by atoms with Crippen LogP contribution in [0, 0.1) is 12.3 Å². The third kappa shape index (κ3) is 3.09. The standard InChI is InChI=1S/C17H28N2O/c1-12-9-14(7-8-15(12)20-6)19-11-16(17(3,4)5)18-10-13(19)2/h7-9,13,16,18H,10-11H2,1-6H3. The minimum Gasteiger partial charge on any atom is -0.496 e. The molecule has 0 saturated carbocycles. The first-order valence-corrected chi connectivity index (χ1v) is 7.47. The van der Waals surface area contributed by atoms with Gasteiger partial charge < -0.3 is 15.0 Å². The number of hydrogen-bond donors (Lipinski definition) is 1. The summed E-state index contributed by atoms with van der Waals surface area (Å²) in [5, 5.41) is 3.68. The number of hydrogen-bond acceptors (Lipinski definition) is 3. The van der Waals surface area contributed by atoms with Crippen LogP contribution < -0.4 is 15.0 Å². The molecule has 0 aliphatic carbocycles. The molecule has 1 fully saturated rings. The van der Waals surface area contributed by atoms with E-state index < -0.39 is 0 Å². The van der Waals surface area contributed by atoms with Gasteiger partial charge >= 0.3 is 0 Å². The van der Waals surface area contributed by atoms with E-state index in [4.69, 9.17) is 4.74 Å². The number of piperazine rings is 1. The zero-order valence-corrected chi connectivity index (χ0v) is 13.7. The molecule has 1 aromatic carbocycles. The van der Waals surface area contributed by atoms with Gasteiger partial charge in [-0.05, 0) is 43.0 Å². The van der Waals surface area contributed by atoms with Gasteiger partial charge in [-0.2, -0.15) is 0 Å². The fourth-order valence-electron chi connectivity index (χ4n) is 2.85. The van der Waals surface area contributed by atoms with Crippen molar-refractivity contribution in [3.63, 3.8) is 0 Å². The Bertz CT molecular complexity index is 465. The van der Waals surface area contributed by atoms with Gasteiger partial charge in [0, 0.05) is 30.9 Å². The van der Waals surface area contributed by atoms with E-state index in [1.165, 1.54) is 11.3 Å². The van der Waals surface area contributed by atoms with Crippen molar-refractivity contribution in [3.05, 3.63) is 23.8 Å². The summed E-state index contributed by atoms with van der Waals surface area (Å²) in [5.41, 5.74) is 2.77. The first-order valence-electron chi connectivity index (χ1n) is 7.47. The van der Waals surface area contributed by atoms with Crippen LogP contribution in [0.5, 0.6) is 5.75 Å². The second kappa shape index (κ2) is 5.65. The Kier molecular flexibility index (Phi) is 4.28. The molecule has 0 bridgehead atoms. The lowest BCUT2D eigenvalue weighted by molar-refractivity contribution is 0.239. The van der Waals surface area contributed by atoms with Crippen LogP contribution in [0.2, 0.25) is 0 Å². The van der Waals surface area contributed by atoms with E-state index in [-0.39, 0.29) is 5.41 Å². The fraction of sp³-hybridized carbons (Fsp3) is 0.647. The van der Waals surface area contributed by atoms with E-state index in [0.29, 0.717) is 12.1 Å². The number of ether oxygens (including phenoxy) is 1. The Labute approximate surface area is 123 Å². The highest BCUT2D eigenvalue weighted by molar-refractivity contribution is 5.54. The lowest BCUT2D eigenvalue weighted by Gasteiger charge is -2.45. The van der Waals surface area contributed by atoms with Gasteiger partial charge in [0.1, 0.15) is 5.75 Å². The number of anilines is 1. The largest absolute Gasteiger partial charge is 0.496 e. The summed E-state index contributed by atoms with van der Waals surface area (Å²) in [7, 11) is 1.73. The molecular weight excluding hydrogens is 248 g/mol. The van der Waals surface area contributed by atoms with E-state index in [2.05, 4.69) is 63.0 Å². The quantitative estimate of drug-likeness (QED) is 0.897. The van der Waals surface area contributed by atoms with E-state index in [1.807, 2.05) is 0 Å². The molecule has 20 heavy (non-hydrogen) atoms. The fourth-order valence-corrected chi connectivity index (χ4v) is 2.85. The van der Waals surface area contributed by atoms with Crippen molar-refractivity contribution in [1.29, 1.82) is 0 Å². The average Bonchev–Trinajstić information content (AvgIpc) is 2.37. The maximum Gasteiger partial charge on any atom is 0.121 e. The zero-order valence-electron chi connectivity index (χ0n) is 13.7. The van der Waals surface area contributed by atoms with Gasteiger partial charge in [-0.15, -0.1) is 0 Å². The molecule has 2 unspecified atom stereocenters. The summed E-state index contributed by atoms with van der Waals surface area (Å²) in [6.07, 6.45) is 0. The topological polar surface area (TPSA) is 24.5 Å². The predicted octanol–water partition coefficient (Wildman–Crippen LogP) is 3.22. The number of aryl methyl sites for hydroxylation is 1. The Morgan fingerprint density at radius 2 is 2.00 bits per heavy atom. The van der Waals surface area contributed by atoms with Crippen LogP contribution in [0.15, 0.2) is 18.2 Å². The molecule has 1 aliphatic rings. The third-order valence-corrected chi connectivity index (χ3v) is 4.33. The molecular formula is C17H28N2O. The molecule has 0 aromatic heterocycles. The number of nitrogens with one attached hydrogen (secondary N) is 1. The molecule has 2 rings (SSSR count). The highest BCUT2D eigenvalue weighted by atomic mass is 16.5.